The Bertz CT molecular complexity index is 835. The molecule has 8 nitrogen and oxygen atoms in total. The molecule has 1 saturated heterocycles. The Balaban J connectivity index is 1.80. The third-order valence-corrected chi connectivity index (χ3v) is 6.17. The van der Waals surface area contributed by atoms with Crippen LogP contribution in [0.4, 0.5) is 4.79 Å². The second kappa shape index (κ2) is 5.59. The van der Waals surface area contributed by atoms with E-state index >= 15 is 0 Å². The highest BCUT2D eigenvalue weighted by Gasteiger charge is 2.40. The van der Waals surface area contributed by atoms with Crippen molar-refractivity contribution >= 4 is 27.7 Å². The minimum Gasteiger partial charge on any atom is -0.336 e. The number of carbonyl (C=O) groups excluding carboxylic acids is 3. The number of benzene rings is 1. The lowest BCUT2D eigenvalue weighted by Crippen LogP contribution is -2.43. The second-order valence-corrected chi connectivity index (χ2v) is 7.96. The standard InChI is InChI=1S/C15H17N3O5S/c1-16-7-14(20)18(15(16)21)8-13(19)17(2)11-9-24(22,23)12-6-4-3-5-10(11)12/h3-6,11H,7-9H2,1-2H3. The smallest absolute Gasteiger partial charge is 0.327 e. The van der Waals surface area contributed by atoms with Gasteiger partial charge >= 0.3 is 6.03 Å². The zero-order chi connectivity index (χ0) is 17.6. The summed E-state index contributed by atoms with van der Waals surface area (Å²) in [6, 6.07) is 5.40. The van der Waals surface area contributed by atoms with Gasteiger partial charge in [-0.15, -0.1) is 0 Å². The van der Waals surface area contributed by atoms with Crippen molar-refractivity contribution in [2.75, 3.05) is 32.9 Å². The molecule has 2 aliphatic rings. The number of carbonyl (C=O) groups is 3. The maximum absolute atomic E-state index is 12.5. The number of rotatable bonds is 3. The van der Waals surface area contributed by atoms with Gasteiger partial charge in [0, 0.05) is 14.1 Å². The van der Waals surface area contributed by atoms with Crippen molar-refractivity contribution in [1.82, 2.24) is 14.7 Å². The zero-order valence-electron chi connectivity index (χ0n) is 13.3. The summed E-state index contributed by atoms with van der Waals surface area (Å²) in [6.45, 7) is -0.451. The summed E-state index contributed by atoms with van der Waals surface area (Å²) in [4.78, 5) is 39.7. The van der Waals surface area contributed by atoms with Crippen LogP contribution in [0.2, 0.25) is 0 Å². The Morgan fingerprint density at radius 1 is 1.29 bits per heavy atom. The molecule has 0 aliphatic carbocycles. The number of hydrogen-bond acceptors (Lipinski definition) is 5. The predicted octanol–water partition coefficient (Wildman–Crippen LogP) is -0.133. The van der Waals surface area contributed by atoms with Crippen LogP contribution < -0.4 is 0 Å². The zero-order valence-corrected chi connectivity index (χ0v) is 14.1. The molecule has 2 heterocycles. The molecule has 1 unspecified atom stereocenters. The number of sulfone groups is 1. The normalized spacial score (nSPS) is 22.0. The van der Waals surface area contributed by atoms with Crippen molar-refractivity contribution in [3.8, 4) is 0 Å². The first-order chi connectivity index (χ1) is 11.2. The molecular weight excluding hydrogens is 334 g/mol. The van der Waals surface area contributed by atoms with E-state index in [9.17, 15) is 22.8 Å². The van der Waals surface area contributed by atoms with Gasteiger partial charge in [-0.3, -0.25) is 14.5 Å². The van der Waals surface area contributed by atoms with E-state index in [1.807, 2.05) is 0 Å². The monoisotopic (exact) mass is 351 g/mol. The Hall–Kier alpha value is -2.42. The van der Waals surface area contributed by atoms with Crippen molar-refractivity contribution in [2.24, 2.45) is 0 Å². The van der Waals surface area contributed by atoms with Crippen LogP contribution >= 0.6 is 0 Å². The molecule has 1 aromatic carbocycles. The van der Waals surface area contributed by atoms with Gasteiger partial charge in [0.25, 0.3) is 5.91 Å². The van der Waals surface area contributed by atoms with E-state index < -0.39 is 40.3 Å². The van der Waals surface area contributed by atoms with Gasteiger partial charge in [-0.25, -0.2) is 13.2 Å². The fraction of sp³-hybridized carbons (Fsp3) is 0.400. The first kappa shape index (κ1) is 16.4. The van der Waals surface area contributed by atoms with Gasteiger partial charge in [-0.05, 0) is 11.6 Å². The van der Waals surface area contributed by atoms with Crippen molar-refractivity contribution in [2.45, 2.75) is 10.9 Å². The van der Waals surface area contributed by atoms with Crippen LogP contribution in [0.15, 0.2) is 29.2 Å². The molecule has 128 valence electrons. The van der Waals surface area contributed by atoms with E-state index in [1.54, 1.807) is 18.2 Å². The highest BCUT2D eigenvalue weighted by atomic mass is 32.2. The molecule has 9 heteroatoms. The minimum absolute atomic E-state index is 0.0591. The van der Waals surface area contributed by atoms with Crippen LogP contribution in [0.3, 0.4) is 0 Å². The first-order valence-corrected chi connectivity index (χ1v) is 9.00. The molecule has 0 radical (unpaired) electrons. The lowest BCUT2D eigenvalue weighted by Gasteiger charge is -2.26. The molecule has 0 aromatic heterocycles. The highest BCUT2D eigenvalue weighted by molar-refractivity contribution is 7.91. The van der Waals surface area contributed by atoms with Gasteiger partial charge in [-0.2, -0.15) is 0 Å². The van der Waals surface area contributed by atoms with Crippen molar-refractivity contribution in [3.05, 3.63) is 29.8 Å². The van der Waals surface area contributed by atoms with E-state index in [2.05, 4.69) is 0 Å². The third kappa shape index (κ3) is 2.54. The van der Waals surface area contributed by atoms with Gasteiger partial charge in [0.15, 0.2) is 9.84 Å². The molecule has 1 fully saturated rings. The van der Waals surface area contributed by atoms with Crippen LogP contribution in [0, 0.1) is 0 Å². The van der Waals surface area contributed by atoms with E-state index in [0.717, 1.165) is 4.90 Å². The molecule has 4 amide bonds. The number of imide groups is 1. The van der Waals surface area contributed by atoms with Gasteiger partial charge in [0.2, 0.25) is 5.91 Å². The number of nitrogens with zero attached hydrogens (tertiary/aromatic N) is 3. The van der Waals surface area contributed by atoms with Gasteiger partial charge in [0.1, 0.15) is 13.1 Å². The second-order valence-electron chi connectivity index (χ2n) is 5.96. The summed E-state index contributed by atoms with van der Waals surface area (Å²) in [5.41, 5.74) is 0.560. The van der Waals surface area contributed by atoms with Crippen LogP contribution in [0.5, 0.6) is 0 Å². The fourth-order valence-electron chi connectivity index (χ4n) is 2.99. The molecule has 3 rings (SSSR count). The minimum atomic E-state index is -3.44. The molecule has 0 saturated carbocycles. The number of hydrogen-bond donors (Lipinski definition) is 0. The fourth-order valence-corrected chi connectivity index (χ4v) is 4.84. The molecule has 0 N–H and O–H groups in total. The number of amides is 4. The Morgan fingerprint density at radius 2 is 1.96 bits per heavy atom. The van der Waals surface area contributed by atoms with Crippen molar-refractivity contribution in [3.63, 3.8) is 0 Å². The molecule has 24 heavy (non-hydrogen) atoms. The summed E-state index contributed by atoms with van der Waals surface area (Å²) >= 11 is 0. The lowest BCUT2D eigenvalue weighted by atomic mass is 10.1. The van der Waals surface area contributed by atoms with E-state index in [0.29, 0.717) is 5.56 Å². The van der Waals surface area contributed by atoms with Crippen LogP contribution in [-0.2, 0) is 19.4 Å². The Kier molecular flexibility index (Phi) is 3.83. The van der Waals surface area contributed by atoms with Crippen molar-refractivity contribution < 1.29 is 22.8 Å². The summed E-state index contributed by atoms with van der Waals surface area (Å²) in [6.07, 6.45) is 0. The van der Waals surface area contributed by atoms with E-state index in [4.69, 9.17) is 0 Å². The largest absolute Gasteiger partial charge is 0.336 e. The first-order valence-electron chi connectivity index (χ1n) is 7.35. The number of likely N-dealkylation sites (N-methyl/N-ethyl adjacent to an activating group) is 2. The van der Waals surface area contributed by atoms with Crippen LogP contribution in [0.1, 0.15) is 11.6 Å². The predicted molar refractivity (Wildman–Crippen MR) is 83.7 cm³/mol. The lowest BCUT2D eigenvalue weighted by molar-refractivity contribution is -0.136. The van der Waals surface area contributed by atoms with E-state index in [-0.39, 0.29) is 17.2 Å². The van der Waals surface area contributed by atoms with Crippen molar-refractivity contribution in [1.29, 1.82) is 0 Å². The molecular formula is C15H17N3O5S. The van der Waals surface area contributed by atoms with Gasteiger partial charge < -0.3 is 9.80 Å². The Labute approximate surface area is 139 Å². The number of fused-ring (bicyclic) bond motifs is 1. The highest BCUT2D eigenvalue weighted by Crippen LogP contribution is 2.36. The molecule has 0 bridgehead atoms. The third-order valence-electron chi connectivity index (χ3n) is 4.38. The number of urea groups is 1. The average molecular weight is 351 g/mol. The molecule has 2 aliphatic heterocycles. The SMILES string of the molecule is CN1CC(=O)N(CC(=O)N(C)C2CS(=O)(=O)c3ccccc32)C1=O. The van der Waals surface area contributed by atoms with E-state index in [1.165, 1.54) is 30.0 Å². The summed E-state index contributed by atoms with van der Waals surface area (Å²) in [7, 11) is -0.475. The summed E-state index contributed by atoms with van der Waals surface area (Å²) in [5.74, 6) is -1.12. The maximum Gasteiger partial charge on any atom is 0.327 e. The maximum atomic E-state index is 12.5. The molecule has 1 aromatic rings. The summed E-state index contributed by atoms with van der Waals surface area (Å²) in [5, 5.41) is 0. The quantitative estimate of drug-likeness (QED) is 0.707. The van der Waals surface area contributed by atoms with Gasteiger partial charge in [-0.1, -0.05) is 18.2 Å². The topological polar surface area (TPSA) is 95.1 Å². The van der Waals surface area contributed by atoms with Gasteiger partial charge in [0.05, 0.1) is 16.7 Å². The van der Waals surface area contributed by atoms with Crippen LogP contribution in [0.25, 0.3) is 0 Å². The summed E-state index contributed by atoms with van der Waals surface area (Å²) < 4.78 is 24.4. The van der Waals surface area contributed by atoms with Crippen LogP contribution in [-0.4, -0.2) is 73.9 Å². The average Bonchev–Trinajstić information content (AvgIpc) is 2.95. The molecule has 0 spiro atoms. The molecule has 1 atom stereocenters. The Morgan fingerprint density at radius 3 is 2.58 bits per heavy atom.